The van der Waals surface area contributed by atoms with Crippen molar-refractivity contribution in [3.05, 3.63) is 0 Å². The largest absolute Gasteiger partial charge is 2.00 e. The standard InChI is InChI=1S/C5H8O2.BrH.Mg.2H/c1-4(6)7-5-2-3-5;;;;/h5H,2-3H2,1H3;1H;;;/q;;+2;2*-1. The molecule has 0 bridgehead atoms. The van der Waals surface area contributed by atoms with Gasteiger partial charge in [0, 0.05) is 6.92 Å². The van der Waals surface area contributed by atoms with Gasteiger partial charge in [0.25, 0.3) is 0 Å². The van der Waals surface area contributed by atoms with E-state index in [4.69, 9.17) is 4.74 Å². The van der Waals surface area contributed by atoms with Crippen LogP contribution in [0.5, 0.6) is 0 Å². The van der Waals surface area contributed by atoms with Crippen molar-refractivity contribution in [2.75, 3.05) is 0 Å². The van der Waals surface area contributed by atoms with Crippen molar-refractivity contribution in [3.8, 4) is 0 Å². The zero-order valence-electron chi connectivity index (χ0n) is 7.42. The Labute approximate surface area is 84.2 Å². The van der Waals surface area contributed by atoms with Crippen LogP contribution in [0.1, 0.15) is 22.6 Å². The van der Waals surface area contributed by atoms with Crippen LogP contribution in [0.25, 0.3) is 0 Å². The first kappa shape index (κ1) is 12.4. The number of hydrogen-bond acceptors (Lipinski definition) is 2. The zero-order valence-corrected chi connectivity index (χ0v) is 8.55. The summed E-state index contributed by atoms with van der Waals surface area (Å²) in [7, 11) is 0. The van der Waals surface area contributed by atoms with Gasteiger partial charge in [0.15, 0.2) is 0 Å². The average molecular weight is 207 g/mol. The van der Waals surface area contributed by atoms with E-state index >= 15 is 0 Å². The Bertz CT molecular complexity index is 100. The molecule has 0 spiro atoms. The Kier molecular flexibility index (Phi) is 7.57. The quantitative estimate of drug-likeness (QED) is 0.476. The number of rotatable bonds is 1. The Morgan fingerprint density at radius 1 is 1.67 bits per heavy atom. The van der Waals surface area contributed by atoms with Gasteiger partial charge < -0.3 is 7.59 Å². The van der Waals surface area contributed by atoms with Gasteiger partial charge in [-0.2, -0.15) is 0 Å². The second-order valence-corrected chi connectivity index (χ2v) is 1.81. The fraction of sp³-hybridized carbons (Fsp3) is 0.800. The Morgan fingerprint density at radius 2 is 2.11 bits per heavy atom. The molecule has 52 valence electrons. The summed E-state index contributed by atoms with van der Waals surface area (Å²) in [6.07, 6.45) is 2.41. The maximum atomic E-state index is 10.1. The van der Waals surface area contributed by atoms with Gasteiger partial charge in [-0.25, -0.2) is 0 Å². The van der Waals surface area contributed by atoms with Crippen LogP contribution in [0.15, 0.2) is 0 Å². The molecule has 0 saturated heterocycles. The molecule has 0 amide bonds. The molecular formula is C5H11BrMgO2. The van der Waals surface area contributed by atoms with E-state index in [9.17, 15) is 4.79 Å². The monoisotopic (exact) mass is 206 g/mol. The molecule has 0 atom stereocenters. The molecule has 1 saturated carbocycles. The molecule has 9 heavy (non-hydrogen) atoms. The maximum absolute atomic E-state index is 10.1. The molecule has 1 rings (SSSR count). The van der Waals surface area contributed by atoms with Crippen molar-refractivity contribution < 1.29 is 12.4 Å². The molecule has 2 nitrogen and oxygen atoms in total. The summed E-state index contributed by atoms with van der Waals surface area (Å²) in [4.78, 5) is 10.1. The topological polar surface area (TPSA) is 26.3 Å². The van der Waals surface area contributed by atoms with Gasteiger partial charge in [-0.15, -0.1) is 17.0 Å². The normalized spacial score (nSPS) is 14.8. The number of halogens is 1. The average Bonchev–Trinajstić information content (AvgIpc) is 2.17. The number of ether oxygens (including phenoxy) is 1. The molecule has 0 aliphatic heterocycles. The molecule has 0 aromatic heterocycles. The SMILES string of the molecule is Br.CC(=O)OC1CC1.[H-].[H-].[Mg+2]. The summed E-state index contributed by atoms with van der Waals surface area (Å²) in [5, 5.41) is 0. The molecule has 0 aromatic carbocycles. The molecule has 1 aliphatic rings. The zero-order chi connectivity index (χ0) is 5.28. The van der Waals surface area contributed by atoms with Gasteiger partial charge in [-0.1, -0.05) is 0 Å². The molecule has 0 aromatic rings. The van der Waals surface area contributed by atoms with Gasteiger partial charge in [-0.3, -0.25) is 4.79 Å². The molecule has 0 heterocycles. The van der Waals surface area contributed by atoms with Crippen LogP contribution < -0.4 is 0 Å². The first-order chi connectivity index (χ1) is 3.29. The van der Waals surface area contributed by atoms with Crippen molar-refractivity contribution in [1.82, 2.24) is 0 Å². The van der Waals surface area contributed by atoms with E-state index in [-0.39, 0.29) is 55.0 Å². The predicted molar refractivity (Wildman–Crippen MR) is 43.1 cm³/mol. The third-order valence-corrected chi connectivity index (χ3v) is 0.857. The molecule has 1 fully saturated rings. The first-order valence-electron chi connectivity index (χ1n) is 2.46. The number of esters is 1. The minimum absolute atomic E-state index is 0. The van der Waals surface area contributed by atoms with Gasteiger partial charge in [0.1, 0.15) is 6.10 Å². The summed E-state index contributed by atoms with van der Waals surface area (Å²) in [5.74, 6) is -0.150. The third-order valence-electron chi connectivity index (χ3n) is 0.857. The second-order valence-electron chi connectivity index (χ2n) is 1.81. The molecule has 1 aliphatic carbocycles. The van der Waals surface area contributed by atoms with Crippen LogP contribution in [0, 0.1) is 0 Å². The van der Waals surface area contributed by atoms with E-state index in [1.165, 1.54) is 6.92 Å². The fourth-order valence-electron chi connectivity index (χ4n) is 0.421. The summed E-state index contributed by atoms with van der Waals surface area (Å²) < 4.78 is 4.72. The summed E-state index contributed by atoms with van der Waals surface area (Å²) >= 11 is 0. The molecule has 0 unspecified atom stereocenters. The Hall–Kier alpha value is 0.716. The fourth-order valence-corrected chi connectivity index (χ4v) is 0.421. The molecule has 4 heteroatoms. The minimum atomic E-state index is -0.150. The summed E-state index contributed by atoms with van der Waals surface area (Å²) in [6, 6.07) is 0. The number of hydrogen-bond donors (Lipinski definition) is 0. The molecule has 0 N–H and O–H groups in total. The van der Waals surface area contributed by atoms with Crippen LogP contribution in [0.3, 0.4) is 0 Å². The van der Waals surface area contributed by atoms with Crippen LogP contribution in [0.2, 0.25) is 0 Å². The Balaban J connectivity index is -0.0000000612. The van der Waals surface area contributed by atoms with Gasteiger partial charge in [0.2, 0.25) is 0 Å². The van der Waals surface area contributed by atoms with Crippen molar-refractivity contribution in [3.63, 3.8) is 0 Å². The van der Waals surface area contributed by atoms with Crippen LogP contribution in [-0.4, -0.2) is 35.1 Å². The van der Waals surface area contributed by atoms with E-state index in [0.29, 0.717) is 0 Å². The molecule has 0 radical (unpaired) electrons. The molecular weight excluding hydrogens is 196 g/mol. The van der Waals surface area contributed by atoms with Crippen molar-refractivity contribution in [2.45, 2.75) is 25.9 Å². The van der Waals surface area contributed by atoms with E-state index in [1.54, 1.807) is 0 Å². The second kappa shape index (κ2) is 5.50. The smallest absolute Gasteiger partial charge is 1.00 e. The number of carbonyl (C=O) groups excluding carboxylic acids is 1. The van der Waals surface area contributed by atoms with Crippen LogP contribution in [-0.2, 0) is 9.53 Å². The summed E-state index contributed by atoms with van der Waals surface area (Å²) in [6.45, 7) is 1.44. The van der Waals surface area contributed by atoms with E-state index in [1.807, 2.05) is 0 Å². The van der Waals surface area contributed by atoms with Crippen LogP contribution >= 0.6 is 17.0 Å². The Morgan fingerprint density at radius 3 is 2.22 bits per heavy atom. The van der Waals surface area contributed by atoms with Gasteiger partial charge in [-0.05, 0) is 12.8 Å². The number of carbonyl (C=O) groups is 1. The minimum Gasteiger partial charge on any atom is -1.00 e. The predicted octanol–water partition coefficient (Wildman–Crippen LogP) is 1.13. The summed E-state index contributed by atoms with van der Waals surface area (Å²) in [5.41, 5.74) is 0. The van der Waals surface area contributed by atoms with Gasteiger partial charge in [0.05, 0.1) is 0 Å². The van der Waals surface area contributed by atoms with E-state index in [0.717, 1.165) is 12.8 Å². The maximum Gasteiger partial charge on any atom is 2.00 e. The van der Waals surface area contributed by atoms with E-state index < -0.39 is 0 Å². The van der Waals surface area contributed by atoms with Crippen molar-refractivity contribution >= 4 is 46.0 Å². The van der Waals surface area contributed by atoms with Gasteiger partial charge >= 0.3 is 29.0 Å². The van der Waals surface area contributed by atoms with Crippen LogP contribution in [0.4, 0.5) is 0 Å². The third kappa shape index (κ3) is 6.60. The first-order valence-corrected chi connectivity index (χ1v) is 2.46. The van der Waals surface area contributed by atoms with Crippen molar-refractivity contribution in [1.29, 1.82) is 0 Å². The van der Waals surface area contributed by atoms with E-state index in [2.05, 4.69) is 0 Å². The van der Waals surface area contributed by atoms with Crippen molar-refractivity contribution in [2.24, 2.45) is 0 Å².